The number of benzene rings is 1. The minimum atomic E-state index is -5.08. The summed E-state index contributed by atoms with van der Waals surface area (Å²) in [6.45, 7) is 2.91. The van der Waals surface area contributed by atoms with Crippen molar-refractivity contribution >= 4 is 11.9 Å². The maximum atomic E-state index is 12.9. The monoisotopic (exact) mass is 390 g/mol. The summed E-state index contributed by atoms with van der Waals surface area (Å²) in [5.41, 5.74) is 1.20. The van der Waals surface area contributed by atoms with Crippen molar-refractivity contribution in [2.75, 3.05) is 13.1 Å². The number of carboxylic acid groups (broad SMARTS) is 1. The molecule has 1 atom stereocenters. The summed E-state index contributed by atoms with van der Waals surface area (Å²) in [6, 6.07) is 6.75. The maximum absolute atomic E-state index is 12.9. The number of nitrogens with one attached hydrogen (secondary N) is 1. The van der Waals surface area contributed by atoms with Crippen LogP contribution in [-0.4, -0.2) is 46.7 Å². The van der Waals surface area contributed by atoms with Gasteiger partial charge in [-0.25, -0.2) is 9.18 Å². The summed E-state index contributed by atoms with van der Waals surface area (Å²) in [5.74, 6) is -2.73. The maximum Gasteiger partial charge on any atom is 0.490 e. The number of hydrogen-bond acceptors (Lipinski definition) is 3. The van der Waals surface area contributed by atoms with Gasteiger partial charge in [-0.15, -0.1) is 0 Å². The summed E-state index contributed by atoms with van der Waals surface area (Å²) in [4.78, 5) is 22.8. The van der Waals surface area contributed by atoms with E-state index in [0.717, 1.165) is 50.9 Å². The molecule has 2 aliphatic heterocycles. The van der Waals surface area contributed by atoms with E-state index in [9.17, 15) is 22.4 Å². The van der Waals surface area contributed by atoms with Crippen LogP contribution in [0, 0.1) is 5.82 Å². The second-order valence-electron chi connectivity index (χ2n) is 6.89. The standard InChI is InChI=1S/C16H21FN2O.C2HF3O2/c17-14-4-2-13(3-5-14)12-19-10-1-7-16(9-11-19)8-6-15(20)18-16;3-2(4,5)1(6)7/h2-5H,1,6-12H2,(H,18,20);(H,6,7). The van der Waals surface area contributed by atoms with Crippen molar-refractivity contribution in [3.8, 4) is 0 Å². The molecule has 3 rings (SSSR count). The van der Waals surface area contributed by atoms with Crippen LogP contribution in [-0.2, 0) is 16.1 Å². The highest BCUT2D eigenvalue weighted by Gasteiger charge is 2.39. The van der Waals surface area contributed by atoms with Gasteiger partial charge >= 0.3 is 12.1 Å². The molecule has 9 heteroatoms. The Morgan fingerprint density at radius 2 is 1.78 bits per heavy atom. The minimum Gasteiger partial charge on any atom is -0.475 e. The Bertz CT molecular complexity index is 664. The highest BCUT2D eigenvalue weighted by Crippen LogP contribution is 2.31. The molecule has 1 amide bonds. The normalized spacial score (nSPS) is 23.3. The van der Waals surface area contributed by atoms with Gasteiger partial charge in [0.2, 0.25) is 5.91 Å². The molecule has 2 N–H and O–H groups in total. The van der Waals surface area contributed by atoms with Crippen LogP contribution in [0.4, 0.5) is 17.6 Å². The van der Waals surface area contributed by atoms with Gasteiger partial charge in [-0.2, -0.15) is 13.2 Å². The number of carbonyl (C=O) groups is 2. The van der Waals surface area contributed by atoms with Gasteiger partial charge in [0.25, 0.3) is 0 Å². The molecule has 2 fully saturated rings. The highest BCUT2D eigenvalue weighted by molar-refractivity contribution is 5.79. The van der Waals surface area contributed by atoms with Gasteiger partial charge in [-0.3, -0.25) is 9.69 Å². The molecule has 0 aromatic heterocycles. The molecule has 2 saturated heterocycles. The van der Waals surface area contributed by atoms with E-state index < -0.39 is 12.1 Å². The number of likely N-dealkylation sites (tertiary alicyclic amines) is 1. The molecule has 0 saturated carbocycles. The number of carboxylic acids is 1. The molecule has 0 aliphatic carbocycles. The first kappa shape index (κ1) is 21.1. The molecule has 5 nitrogen and oxygen atoms in total. The number of carbonyl (C=O) groups excluding carboxylic acids is 1. The largest absolute Gasteiger partial charge is 0.490 e. The number of halogens is 4. The van der Waals surface area contributed by atoms with E-state index in [0.29, 0.717) is 6.42 Å². The number of hydrogen-bond donors (Lipinski definition) is 2. The van der Waals surface area contributed by atoms with Gasteiger partial charge in [-0.1, -0.05) is 12.1 Å². The Kier molecular flexibility index (Phi) is 6.80. The molecule has 150 valence electrons. The van der Waals surface area contributed by atoms with Gasteiger partial charge in [-0.05, 0) is 49.9 Å². The second kappa shape index (κ2) is 8.69. The average Bonchev–Trinajstić information content (AvgIpc) is 2.83. The van der Waals surface area contributed by atoms with E-state index in [4.69, 9.17) is 9.90 Å². The van der Waals surface area contributed by atoms with Crippen molar-refractivity contribution in [1.82, 2.24) is 10.2 Å². The van der Waals surface area contributed by atoms with Crippen molar-refractivity contribution in [2.45, 2.75) is 50.4 Å². The van der Waals surface area contributed by atoms with E-state index >= 15 is 0 Å². The smallest absolute Gasteiger partial charge is 0.475 e. The fourth-order valence-electron chi connectivity index (χ4n) is 3.40. The summed E-state index contributed by atoms with van der Waals surface area (Å²) in [5, 5.41) is 10.3. The SMILES string of the molecule is O=C(O)C(F)(F)F.O=C1CCC2(CCCN(Cc3ccc(F)cc3)CC2)N1. The Labute approximate surface area is 154 Å². The van der Waals surface area contributed by atoms with Gasteiger partial charge in [0.15, 0.2) is 0 Å². The average molecular weight is 390 g/mol. The van der Waals surface area contributed by atoms with Crippen molar-refractivity contribution in [2.24, 2.45) is 0 Å². The minimum absolute atomic E-state index is 0.0502. The third-order valence-corrected chi connectivity index (χ3v) is 4.83. The molecule has 1 aromatic carbocycles. The zero-order valence-corrected chi connectivity index (χ0v) is 14.7. The molecule has 0 bridgehead atoms. The van der Waals surface area contributed by atoms with E-state index in [1.54, 1.807) is 0 Å². The van der Waals surface area contributed by atoms with Crippen LogP contribution in [0.25, 0.3) is 0 Å². The summed E-state index contributed by atoms with van der Waals surface area (Å²) < 4.78 is 44.6. The molecule has 27 heavy (non-hydrogen) atoms. The zero-order chi connectivity index (χ0) is 20.1. The van der Waals surface area contributed by atoms with Crippen molar-refractivity contribution in [3.63, 3.8) is 0 Å². The van der Waals surface area contributed by atoms with Gasteiger partial charge in [0.1, 0.15) is 5.82 Å². The van der Waals surface area contributed by atoms with E-state index in [2.05, 4.69) is 10.2 Å². The van der Waals surface area contributed by atoms with Crippen LogP contribution in [0.2, 0.25) is 0 Å². The first-order valence-electron chi connectivity index (χ1n) is 8.68. The fourth-order valence-corrected chi connectivity index (χ4v) is 3.40. The van der Waals surface area contributed by atoms with E-state index in [1.165, 1.54) is 12.1 Å². The first-order chi connectivity index (χ1) is 12.6. The number of nitrogens with zero attached hydrogens (tertiary/aromatic N) is 1. The lowest BCUT2D eigenvalue weighted by Gasteiger charge is -2.27. The summed E-state index contributed by atoms with van der Waals surface area (Å²) in [6.07, 6.45) is -0.200. The van der Waals surface area contributed by atoms with Crippen LogP contribution < -0.4 is 5.32 Å². The van der Waals surface area contributed by atoms with Crippen LogP contribution in [0.5, 0.6) is 0 Å². The fraction of sp³-hybridized carbons (Fsp3) is 0.556. The van der Waals surface area contributed by atoms with Crippen LogP contribution in [0.1, 0.15) is 37.7 Å². The molecule has 1 aromatic rings. The van der Waals surface area contributed by atoms with Crippen LogP contribution in [0.3, 0.4) is 0 Å². The van der Waals surface area contributed by atoms with Gasteiger partial charge in [0.05, 0.1) is 0 Å². The number of aliphatic carboxylic acids is 1. The van der Waals surface area contributed by atoms with Crippen molar-refractivity contribution in [1.29, 1.82) is 0 Å². The molecule has 2 heterocycles. The molecule has 2 aliphatic rings. The predicted octanol–water partition coefficient (Wildman–Crippen LogP) is 3.09. The Morgan fingerprint density at radius 3 is 2.30 bits per heavy atom. The Hall–Kier alpha value is -2.16. The molecule has 0 radical (unpaired) electrons. The third kappa shape index (κ3) is 6.50. The third-order valence-electron chi connectivity index (χ3n) is 4.83. The van der Waals surface area contributed by atoms with Gasteiger partial charge < -0.3 is 10.4 Å². The van der Waals surface area contributed by atoms with Crippen molar-refractivity contribution in [3.05, 3.63) is 35.6 Å². The Morgan fingerprint density at radius 1 is 1.15 bits per heavy atom. The zero-order valence-electron chi connectivity index (χ0n) is 14.7. The first-order valence-corrected chi connectivity index (χ1v) is 8.68. The second-order valence-corrected chi connectivity index (χ2v) is 6.89. The quantitative estimate of drug-likeness (QED) is 0.762. The topological polar surface area (TPSA) is 69.6 Å². The van der Waals surface area contributed by atoms with E-state index in [1.807, 2.05) is 12.1 Å². The van der Waals surface area contributed by atoms with Crippen molar-refractivity contribution < 1.29 is 32.3 Å². The molecular weight excluding hydrogens is 368 g/mol. The highest BCUT2D eigenvalue weighted by atomic mass is 19.4. The lowest BCUT2D eigenvalue weighted by Crippen LogP contribution is -2.42. The Balaban J connectivity index is 0.000000321. The summed E-state index contributed by atoms with van der Waals surface area (Å²) in [7, 11) is 0. The lowest BCUT2D eigenvalue weighted by atomic mass is 9.89. The van der Waals surface area contributed by atoms with Gasteiger partial charge in [0, 0.05) is 25.0 Å². The molecular formula is C18H22F4N2O3. The van der Waals surface area contributed by atoms with E-state index in [-0.39, 0.29) is 17.3 Å². The number of amides is 1. The molecule has 1 unspecified atom stereocenters. The lowest BCUT2D eigenvalue weighted by molar-refractivity contribution is -0.192. The number of alkyl halides is 3. The molecule has 1 spiro atoms. The van der Waals surface area contributed by atoms with Crippen LogP contribution in [0.15, 0.2) is 24.3 Å². The summed E-state index contributed by atoms with van der Waals surface area (Å²) >= 11 is 0. The number of rotatable bonds is 2. The predicted molar refractivity (Wildman–Crippen MR) is 89.3 cm³/mol. The van der Waals surface area contributed by atoms with Crippen LogP contribution >= 0.6 is 0 Å².